The molecule has 7 nitrogen and oxygen atoms in total. The van der Waals surface area contributed by atoms with Crippen LogP contribution in [0, 0.1) is 0 Å². The van der Waals surface area contributed by atoms with E-state index in [9.17, 15) is 13.0 Å². The van der Waals surface area contributed by atoms with Gasteiger partial charge in [-0.25, -0.2) is 8.42 Å². The maximum atomic E-state index is 9.95. The Morgan fingerprint density at radius 3 is 1.71 bits per heavy atom. The number of aliphatic hydroxyl groups excluding tert-OH is 1. The standard InChI is InChI=1S/C5H12O3S.C2H4O2.CH4O.H3N.Na/c1-2-3-4-5-9(6,7)8;1-2(3)4;1-2;;/h2-5H2,1H3,(H,6,7,8);1H3,(H,3,4);2H,1H3;1H3;/q;;;;+1/p-1. The minimum Gasteiger partial charge on any atom is -0.748 e. The fourth-order valence-corrected chi connectivity index (χ4v) is 1.09. The van der Waals surface area contributed by atoms with Crippen molar-refractivity contribution in [3.8, 4) is 0 Å². The summed E-state index contributed by atoms with van der Waals surface area (Å²) in [7, 11) is -2.95. The summed E-state index contributed by atoms with van der Waals surface area (Å²) in [6.07, 6.45) is 2.26. The van der Waals surface area contributed by atoms with Crippen LogP contribution < -0.4 is 35.7 Å². The molecule has 5 N–H and O–H groups in total. The third kappa shape index (κ3) is 84.0. The van der Waals surface area contributed by atoms with Crippen LogP contribution in [0.25, 0.3) is 0 Å². The smallest absolute Gasteiger partial charge is 0.748 e. The number of aliphatic hydroxyl groups is 1. The number of unbranched alkanes of at least 4 members (excludes halogenated alkanes) is 2. The second-order valence-electron chi connectivity index (χ2n) is 2.49. The minimum absolute atomic E-state index is 0. The molecule has 0 aromatic carbocycles. The Morgan fingerprint density at radius 2 is 1.53 bits per heavy atom. The zero-order chi connectivity index (χ0) is 12.9. The van der Waals surface area contributed by atoms with Crippen molar-refractivity contribution < 1.29 is 57.5 Å². The number of hydrogen-bond donors (Lipinski definition) is 3. The average molecular weight is 283 g/mol. The zero-order valence-corrected chi connectivity index (χ0v) is 13.8. The molecule has 0 saturated heterocycles. The van der Waals surface area contributed by atoms with E-state index in [0.717, 1.165) is 26.9 Å². The molecule has 0 aliphatic rings. The van der Waals surface area contributed by atoms with Gasteiger partial charge in [-0.1, -0.05) is 19.8 Å². The van der Waals surface area contributed by atoms with Gasteiger partial charge in [0.25, 0.3) is 5.97 Å². The Labute approximate surface area is 125 Å². The first-order valence-electron chi connectivity index (χ1n) is 4.37. The first kappa shape index (κ1) is 30.4. The number of aliphatic carboxylic acids is 1. The summed E-state index contributed by atoms with van der Waals surface area (Å²) in [6.45, 7) is 3.04. The van der Waals surface area contributed by atoms with Crippen molar-refractivity contribution in [2.45, 2.75) is 33.1 Å². The average Bonchev–Trinajstić information content (AvgIpc) is 2.05. The molecule has 0 amide bonds. The Bertz CT molecular complexity index is 228. The first-order chi connectivity index (χ1) is 6.79. The summed E-state index contributed by atoms with van der Waals surface area (Å²) in [4.78, 5) is 9.00. The minimum atomic E-state index is -3.95. The van der Waals surface area contributed by atoms with E-state index in [1.54, 1.807) is 0 Å². The van der Waals surface area contributed by atoms with Gasteiger partial charge in [-0.2, -0.15) is 0 Å². The molecular formula is C8H22NNaO6S. The first-order valence-corrected chi connectivity index (χ1v) is 5.95. The summed E-state index contributed by atoms with van der Waals surface area (Å²) in [6, 6.07) is 0. The number of carboxylic acid groups (broad SMARTS) is 1. The molecule has 0 unspecified atom stereocenters. The van der Waals surface area contributed by atoms with Crippen molar-refractivity contribution in [1.82, 2.24) is 6.15 Å². The van der Waals surface area contributed by atoms with E-state index >= 15 is 0 Å². The Balaban J connectivity index is -0.0000000519. The van der Waals surface area contributed by atoms with E-state index in [2.05, 4.69) is 0 Å². The van der Waals surface area contributed by atoms with Gasteiger partial charge in [-0.3, -0.25) is 4.79 Å². The molecule has 17 heavy (non-hydrogen) atoms. The second kappa shape index (κ2) is 21.6. The van der Waals surface area contributed by atoms with Gasteiger partial charge in [0, 0.05) is 19.8 Å². The molecular weight excluding hydrogens is 261 g/mol. The second-order valence-corrected chi connectivity index (χ2v) is 4.01. The van der Waals surface area contributed by atoms with E-state index in [-0.39, 0.29) is 41.5 Å². The Morgan fingerprint density at radius 1 is 1.24 bits per heavy atom. The molecule has 0 aliphatic carbocycles. The molecule has 0 aromatic rings. The summed E-state index contributed by atoms with van der Waals surface area (Å²) < 4.78 is 29.9. The van der Waals surface area contributed by atoms with Gasteiger partial charge < -0.3 is 20.9 Å². The normalized spacial score (nSPS) is 8.06. The maximum absolute atomic E-state index is 9.95. The van der Waals surface area contributed by atoms with Crippen LogP contribution in [0.4, 0.5) is 0 Å². The van der Waals surface area contributed by atoms with Gasteiger partial charge in [0.05, 0.1) is 10.1 Å². The topological polar surface area (TPSA) is 150 Å². The van der Waals surface area contributed by atoms with Crippen molar-refractivity contribution >= 4 is 16.1 Å². The molecule has 9 heteroatoms. The largest absolute Gasteiger partial charge is 1.00 e. The molecule has 0 saturated carbocycles. The Kier molecular flexibility index (Phi) is 38.6. The van der Waals surface area contributed by atoms with Gasteiger partial charge >= 0.3 is 29.6 Å². The molecule has 0 bridgehead atoms. The molecule has 0 spiro atoms. The van der Waals surface area contributed by atoms with E-state index in [4.69, 9.17) is 15.0 Å². The van der Waals surface area contributed by atoms with Crippen molar-refractivity contribution in [1.29, 1.82) is 0 Å². The van der Waals surface area contributed by atoms with E-state index in [0.29, 0.717) is 6.42 Å². The van der Waals surface area contributed by atoms with Crippen LogP contribution in [0.2, 0.25) is 0 Å². The summed E-state index contributed by atoms with van der Waals surface area (Å²) in [5.41, 5.74) is 0. The van der Waals surface area contributed by atoms with Crippen molar-refractivity contribution in [2.24, 2.45) is 0 Å². The van der Waals surface area contributed by atoms with E-state index in [1.165, 1.54) is 0 Å². The molecule has 0 radical (unpaired) electrons. The van der Waals surface area contributed by atoms with Gasteiger partial charge in [-0.15, -0.1) is 0 Å². The van der Waals surface area contributed by atoms with Gasteiger partial charge in [-0.05, 0) is 6.42 Å². The maximum Gasteiger partial charge on any atom is 1.00 e. The number of rotatable bonds is 4. The molecule has 0 fully saturated rings. The van der Waals surface area contributed by atoms with Crippen LogP contribution in [0.5, 0.6) is 0 Å². The van der Waals surface area contributed by atoms with Crippen LogP contribution in [0.15, 0.2) is 0 Å². The SMILES string of the molecule is CC(=O)O.CCCCCS(=O)(=O)[O-].CO.N.[Na+]. The molecule has 102 valence electrons. The third-order valence-electron chi connectivity index (χ3n) is 0.998. The third-order valence-corrected chi connectivity index (χ3v) is 1.79. The molecule has 0 atom stereocenters. The van der Waals surface area contributed by atoms with E-state index in [1.807, 2.05) is 6.92 Å². The van der Waals surface area contributed by atoms with Crippen LogP contribution >= 0.6 is 0 Å². The van der Waals surface area contributed by atoms with Crippen molar-refractivity contribution in [3.05, 3.63) is 0 Å². The zero-order valence-electron chi connectivity index (χ0n) is 11.0. The fourth-order valence-electron chi connectivity index (χ4n) is 0.529. The summed E-state index contributed by atoms with van der Waals surface area (Å²) in [5, 5.41) is 14.4. The van der Waals surface area contributed by atoms with Crippen molar-refractivity contribution in [2.75, 3.05) is 12.9 Å². The molecule has 0 rings (SSSR count). The van der Waals surface area contributed by atoms with Crippen LogP contribution in [0.1, 0.15) is 33.1 Å². The monoisotopic (exact) mass is 283 g/mol. The number of hydrogen-bond acceptors (Lipinski definition) is 6. The van der Waals surface area contributed by atoms with Crippen LogP contribution in [-0.4, -0.2) is 42.0 Å². The summed E-state index contributed by atoms with van der Waals surface area (Å²) >= 11 is 0. The van der Waals surface area contributed by atoms with Gasteiger partial charge in [0.2, 0.25) is 0 Å². The predicted molar refractivity (Wildman–Crippen MR) is 60.6 cm³/mol. The van der Waals surface area contributed by atoms with Crippen LogP contribution in [0.3, 0.4) is 0 Å². The van der Waals surface area contributed by atoms with Gasteiger partial charge in [0.1, 0.15) is 0 Å². The van der Waals surface area contributed by atoms with Gasteiger partial charge in [0.15, 0.2) is 0 Å². The fraction of sp³-hybridized carbons (Fsp3) is 0.875. The predicted octanol–water partition coefficient (Wildman–Crippen LogP) is -2.41. The summed E-state index contributed by atoms with van der Waals surface area (Å²) in [5.74, 6) is -1.04. The number of carbonyl (C=O) groups is 1. The quantitative estimate of drug-likeness (QED) is 0.295. The van der Waals surface area contributed by atoms with Crippen LogP contribution in [-0.2, 0) is 14.9 Å². The van der Waals surface area contributed by atoms with Crippen molar-refractivity contribution in [3.63, 3.8) is 0 Å². The molecule has 0 aliphatic heterocycles. The van der Waals surface area contributed by atoms with E-state index < -0.39 is 16.1 Å². The molecule has 0 aromatic heterocycles. The number of carboxylic acids is 1. The molecule has 0 heterocycles. The Hall–Kier alpha value is 0.300.